The van der Waals surface area contributed by atoms with E-state index >= 15 is 0 Å². The molecule has 1 unspecified atom stereocenters. The second-order valence-electron chi connectivity index (χ2n) is 9.77. The zero-order valence-electron chi connectivity index (χ0n) is 22.5. The van der Waals surface area contributed by atoms with Crippen LogP contribution < -0.4 is 26.0 Å². The molecule has 2 aliphatic heterocycles. The summed E-state index contributed by atoms with van der Waals surface area (Å²) in [5.41, 5.74) is 6.38. The fourth-order valence-electron chi connectivity index (χ4n) is 4.85. The Balaban J connectivity index is 1.50. The summed E-state index contributed by atoms with van der Waals surface area (Å²) in [6, 6.07) is 12.0. The van der Waals surface area contributed by atoms with Crippen LogP contribution >= 0.6 is 0 Å². The maximum Gasteiger partial charge on any atom is 0.231 e. The van der Waals surface area contributed by atoms with Crippen molar-refractivity contribution in [2.24, 2.45) is 0 Å². The topological polar surface area (TPSA) is 100 Å². The average Bonchev–Trinajstić information content (AvgIpc) is 3.40. The lowest BCUT2D eigenvalue weighted by molar-refractivity contribution is 0.342. The van der Waals surface area contributed by atoms with Gasteiger partial charge >= 0.3 is 0 Å². The second kappa shape index (κ2) is 11.5. The van der Waals surface area contributed by atoms with E-state index in [1.54, 1.807) is 0 Å². The van der Waals surface area contributed by atoms with Crippen LogP contribution in [0.15, 0.2) is 47.4 Å². The predicted molar refractivity (Wildman–Crippen MR) is 157 cm³/mol. The van der Waals surface area contributed by atoms with E-state index in [0.29, 0.717) is 18.4 Å². The summed E-state index contributed by atoms with van der Waals surface area (Å²) in [5, 5.41) is 13.7. The van der Waals surface area contributed by atoms with Crippen molar-refractivity contribution in [3.8, 4) is 5.75 Å². The Morgan fingerprint density at radius 2 is 1.92 bits per heavy atom. The van der Waals surface area contributed by atoms with Gasteiger partial charge in [-0.3, -0.25) is 4.21 Å². The van der Waals surface area contributed by atoms with Crippen molar-refractivity contribution in [1.29, 1.82) is 0 Å². The normalized spacial score (nSPS) is 15.4. The van der Waals surface area contributed by atoms with Crippen LogP contribution in [0, 0.1) is 6.92 Å². The first-order valence-corrected chi connectivity index (χ1v) is 14.5. The van der Waals surface area contributed by atoms with Crippen molar-refractivity contribution in [2.45, 2.75) is 50.7 Å². The van der Waals surface area contributed by atoms with Crippen LogP contribution in [0.5, 0.6) is 5.75 Å². The minimum atomic E-state index is -1.13. The molecule has 4 N–H and O–H groups in total. The van der Waals surface area contributed by atoms with Crippen molar-refractivity contribution in [3.05, 3.63) is 59.2 Å². The van der Waals surface area contributed by atoms with Gasteiger partial charge in [-0.1, -0.05) is 32.1 Å². The van der Waals surface area contributed by atoms with Gasteiger partial charge < -0.3 is 26.0 Å². The average molecular weight is 533 g/mol. The number of fused-ring (bicyclic) bond motifs is 1. The molecule has 0 spiro atoms. The van der Waals surface area contributed by atoms with E-state index in [2.05, 4.69) is 46.4 Å². The number of anilines is 5. The maximum atomic E-state index is 13.0. The van der Waals surface area contributed by atoms with Gasteiger partial charge in [-0.2, -0.15) is 9.97 Å². The summed E-state index contributed by atoms with van der Waals surface area (Å²) in [6.45, 7) is 11.3. The van der Waals surface area contributed by atoms with Crippen LogP contribution in [0.25, 0.3) is 5.57 Å². The van der Waals surface area contributed by atoms with E-state index in [4.69, 9.17) is 14.7 Å². The molecule has 8 nitrogen and oxygen atoms in total. The summed E-state index contributed by atoms with van der Waals surface area (Å²) in [4.78, 5) is 10.4. The molecular formula is C29H36N6O2S. The number of hydrogen-bond acceptors (Lipinski definition) is 8. The molecule has 2 aromatic carbocycles. The number of rotatable bonds is 9. The molecule has 1 atom stereocenters. The molecular weight excluding hydrogens is 496 g/mol. The Hall–Kier alpha value is -3.43. The molecule has 2 aliphatic rings. The Morgan fingerprint density at radius 3 is 2.68 bits per heavy atom. The summed E-state index contributed by atoms with van der Waals surface area (Å²) < 4.78 is 19.0. The monoisotopic (exact) mass is 532 g/mol. The van der Waals surface area contributed by atoms with E-state index in [9.17, 15) is 4.21 Å². The molecule has 0 amide bonds. The number of ether oxygens (including phenoxy) is 1. The van der Waals surface area contributed by atoms with Crippen molar-refractivity contribution in [1.82, 2.24) is 15.3 Å². The van der Waals surface area contributed by atoms with Gasteiger partial charge in [-0.05, 0) is 74.2 Å². The molecule has 0 saturated heterocycles. The van der Waals surface area contributed by atoms with Gasteiger partial charge in [-0.15, -0.1) is 0 Å². The molecule has 0 aliphatic carbocycles. The molecule has 5 rings (SSSR count). The smallest absolute Gasteiger partial charge is 0.231 e. The molecule has 38 heavy (non-hydrogen) atoms. The van der Waals surface area contributed by atoms with Gasteiger partial charge in [0.1, 0.15) is 17.4 Å². The lowest BCUT2D eigenvalue weighted by atomic mass is 9.95. The number of para-hydroxylation sites is 1. The van der Waals surface area contributed by atoms with E-state index in [0.717, 1.165) is 65.9 Å². The van der Waals surface area contributed by atoms with E-state index in [1.165, 1.54) is 16.7 Å². The van der Waals surface area contributed by atoms with Gasteiger partial charge in [-0.25, -0.2) is 0 Å². The third kappa shape index (κ3) is 5.54. The van der Waals surface area contributed by atoms with Crippen LogP contribution in [-0.2, 0) is 17.2 Å². The lowest BCUT2D eigenvalue weighted by Crippen LogP contribution is -2.20. The molecule has 0 saturated carbocycles. The molecule has 3 heterocycles. The third-order valence-electron chi connectivity index (χ3n) is 6.74. The van der Waals surface area contributed by atoms with E-state index < -0.39 is 10.8 Å². The van der Waals surface area contributed by atoms with Crippen LogP contribution in [0.2, 0.25) is 0 Å². The standard InChI is InChI=1S/C29H36N6O2S/c1-5-37-25-17-22(20-10-13-30-14-11-20)19(4)16-24(25)33-29-34-27-21(12-15-31-27)28(35-29)32-23-8-6-7-9-26(23)38(36)18(2)3/h6-10,16-18,30H,5,11-15H2,1-4H3,(H3,31,32,33,34,35). The van der Waals surface area contributed by atoms with Gasteiger partial charge in [0, 0.05) is 23.9 Å². The Bertz CT molecular complexity index is 1390. The third-order valence-corrected chi connectivity index (χ3v) is 8.39. The summed E-state index contributed by atoms with van der Waals surface area (Å²) in [6.07, 6.45) is 4.07. The Labute approximate surface area is 227 Å². The number of aromatic nitrogens is 2. The number of nitrogens with one attached hydrogen (secondary N) is 4. The molecule has 3 aromatic rings. The summed E-state index contributed by atoms with van der Waals surface area (Å²) in [7, 11) is -1.13. The largest absolute Gasteiger partial charge is 0.492 e. The van der Waals surface area contributed by atoms with E-state index in [1.807, 2.05) is 45.0 Å². The zero-order chi connectivity index (χ0) is 26.6. The zero-order valence-corrected chi connectivity index (χ0v) is 23.3. The highest BCUT2D eigenvalue weighted by atomic mass is 32.2. The highest BCUT2D eigenvalue weighted by Gasteiger charge is 2.22. The van der Waals surface area contributed by atoms with Crippen molar-refractivity contribution >= 4 is 45.3 Å². The maximum absolute atomic E-state index is 13.0. The highest BCUT2D eigenvalue weighted by molar-refractivity contribution is 7.85. The lowest BCUT2D eigenvalue weighted by Gasteiger charge is -2.20. The van der Waals surface area contributed by atoms with Crippen molar-refractivity contribution < 1.29 is 8.95 Å². The summed E-state index contributed by atoms with van der Waals surface area (Å²) >= 11 is 0. The molecule has 0 radical (unpaired) electrons. The number of hydrogen-bond donors (Lipinski definition) is 4. The second-order valence-corrected chi connectivity index (χ2v) is 11.7. The van der Waals surface area contributed by atoms with Crippen LogP contribution in [0.1, 0.15) is 43.9 Å². The number of aryl methyl sites for hydroxylation is 1. The van der Waals surface area contributed by atoms with Crippen LogP contribution in [0.3, 0.4) is 0 Å². The molecule has 0 fully saturated rings. The first-order chi connectivity index (χ1) is 18.4. The Morgan fingerprint density at radius 1 is 1.08 bits per heavy atom. The van der Waals surface area contributed by atoms with Crippen molar-refractivity contribution in [3.63, 3.8) is 0 Å². The van der Waals surface area contributed by atoms with Crippen LogP contribution in [-0.4, -0.2) is 45.7 Å². The highest BCUT2D eigenvalue weighted by Crippen LogP contribution is 2.37. The quantitative estimate of drug-likeness (QED) is 0.285. The van der Waals surface area contributed by atoms with E-state index in [-0.39, 0.29) is 5.25 Å². The van der Waals surface area contributed by atoms with Gasteiger partial charge in [0.25, 0.3) is 0 Å². The predicted octanol–water partition coefficient (Wildman–Crippen LogP) is 5.53. The minimum absolute atomic E-state index is 0.0109. The van der Waals surface area contributed by atoms with Crippen molar-refractivity contribution in [2.75, 3.05) is 42.2 Å². The van der Waals surface area contributed by atoms with Gasteiger partial charge in [0.15, 0.2) is 0 Å². The molecule has 1 aromatic heterocycles. The van der Waals surface area contributed by atoms with Crippen LogP contribution in [0.4, 0.5) is 29.0 Å². The summed E-state index contributed by atoms with van der Waals surface area (Å²) in [5.74, 6) is 2.76. The SMILES string of the molecule is CCOc1cc(C2=CCNCC2)c(C)cc1Nc1nc2c(c(Nc3ccccc3S(=O)C(C)C)n1)CCN2. The fraction of sp³-hybridized carbons (Fsp3) is 0.379. The minimum Gasteiger partial charge on any atom is -0.492 e. The number of nitrogens with zero attached hydrogens (tertiary/aromatic N) is 2. The molecule has 200 valence electrons. The number of benzene rings is 2. The first kappa shape index (κ1) is 26.2. The fourth-order valence-corrected chi connectivity index (χ4v) is 5.91. The Kier molecular flexibility index (Phi) is 7.95. The molecule has 9 heteroatoms. The first-order valence-electron chi connectivity index (χ1n) is 13.3. The van der Waals surface area contributed by atoms with Gasteiger partial charge in [0.05, 0.1) is 33.7 Å². The molecule has 0 bridgehead atoms. The van der Waals surface area contributed by atoms with Gasteiger partial charge in [0.2, 0.25) is 5.95 Å².